The first-order valence-corrected chi connectivity index (χ1v) is 7.70. The molecule has 1 saturated heterocycles. The molecule has 0 radical (unpaired) electrons. The van der Waals surface area contributed by atoms with Crippen LogP contribution in [0, 0.1) is 5.82 Å². The van der Waals surface area contributed by atoms with Gasteiger partial charge in [-0.05, 0) is 18.6 Å². The van der Waals surface area contributed by atoms with E-state index in [1.807, 2.05) is 11.6 Å². The molecule has 0 amide bonds. The summed E-state index contributed by atoms with van der Waals surface area (Å²) in [5.74, 6) is 1.02. The SMILES string of the molecule is Cn1c(SC[C@H]2CCOCO2)nnc1-c1ccccc1F. The lowest BCUT2D eigenvalue weighted by molar-refractivity contribution is -0.130. The summed E-state index contributed by atoms with van der Waals surface area (Å²) in [6, 6.07) is 6.57. The fraction of sp³-hybridized carbons (Fsp3) is 0.429. The Bertz CT molecular complexity index is 614. The second-order valence-corrected chi connectivity index (χ2v) is 5.75. The maximum Gasteiger partial charge on any atom is 0.191 e. The monoisotopic (exact) mass is 309 g/mol. The van der Waals surface area contributed by atoms with Gasteiger partial charge in [0.2, 0.25) is 0 Å². The summed E-state index contributed by atoms with van der Waals surface area (Å²) in [6.45, 7) is 1.08. The van der Waals surface area contributed by atoms with Gasteiger partial charge in [0.25, 0.3) is 0 Å². The van der Waals surface area contributed by atoms with Gasteiger partial charge >= 0.3 is 0 Å². The molecule has 1 fully saturated rings. The molecule has 0 bridgehead atoms. The van der Waals surface area contributed by atoms with E-state index in [0.717, 1.165) is 23.9 Å². The normalized spacial score (nSPS) is 18.9. The van der Waals surface area contributed by atoms with Crippen LogP contribution in [0.4, 0.5) is 4.39 Å². The number of thioether (sulfide) groups is 1. The summed E-state index contributed by atoms with van der Waals surface area (Å²) < 4.78 is 26.3. The zero-order valence-corrected chi connectivity index (χ0v) is 12.5. The molecule has 1 atom stereocenters. The second kappa shape index (κ2) is 6.55. The number of halogens is 1. The molecule has 0 saturated carbocycles. The number of ether oxygens (including phenoxy) is 2. The van der Waals surface area contributed by atoms with Gasteiger partial charge in [0, 0.05) is 12.8 Å². The summed E-state index contributed by atoms with van der Waals surface area (Å²) in [7, 11) is 1.84. The summed E-state index contributed by atoms with van der Waals surface area (Å²) in [4.78, 5) is 0. The molecule has 0 aliphatic carbocycles. The van der Waals surface area contributed by atoms with Crippen molar-refractivity contribution in [3.8, 4) is 11.4 Å². The van der Waals surface area contributed by atoms with Gasteiger partial charge in [0.05, 0.1) is 18.3 Å². The van der Waals surface area contributed by atoms with Crippen LogP contribution in [-0.2, 0) is 16.5 Å². The average Bonchev–Trinajstić information content (AvgIpc) is 2.88. The van der Waals surface area contributed by atoms with Crippen molar-refractivity contribution in [2.45, 2.75) is 17.7 Å². The van der Waals surface area contributed by atoms with Crippen LogP contribution >= 0.6 is 11.8 Å². The Kier molecular flexibility index (Phi) is 4.52. The number of rotatable bonds is 4. The van der Waals surface area contributed by atoms with Crippen LogP contribution < -0.4 is 0 Å². The largest absolute Gasteiger partial charge is 0.355 e. The van der Waals surface area contributed by atoms with Gasteiger partial charge in [-0.25, -0.2) is 4.39 Å². The lowest BCUT2D eigenvalue weighted by Crippen LogP contribution is -2.25. The van der Waals surface area contributed by atoms with E-state index < -0.39 is 0 Å². The molecule has 2 aromatic rings. The Morgan fingerprint density at radius 1 is 1.38 bits per heavy atom. The molecule has 1 aromatic heterocycles. The molecule has 7 heteroatoms. The Morgan fingerprint density at radius 3 is 3.00 bits per heavy atom. The highest BCUT2D eigenvalue weighted by Gasteiger charge is 2.18. The summed E-state index contributed by atoms with van der Waals surface area (Å²) in [5.41, 5.74) is 0.460. The van der Waals surface area contributed by atoms with E-state index in [1.54, 1.807) is 30.0 Å². The molecule has 21 heavy (non-hydrogen) atoms. The van der Waals surface area contributed by atoms with Gasteiger partial charge in [-0.15, -0.1) is 10.2 Å². The van der Waals surface area contributed by atoms with E-state index in [-0.39, 0.29) is 11.9 Å². The number of benzene rings is 1. The molecular weight excluding hydrogens is 293 g/mol. The number of nitrogens with zero attached hydrogens (tertiary/aromatic N) is 3. The van der Waals surface area contributed by atoms with Crippen LogP contribution in [-0.4, -0.2) is 40.0 Å². The maximum atomic E-state index is 13.8. The lowest BCUT2D eigenvalue weighted by atomic mass is 10.2. The van der Waals surface area contributed by atoms with Gasteiger partial charge in [-0.2, -0.15) is 0 Å². The van der Waals surface area contributed by atoms with E-state index in [0.29, 0.717) is 18.2 Å². The number of hydrogen-bond donors (Lipinski definition) is 0. The minimum atomic E-state index is -0.294. The molecule has 1 aliphatic heterocycles. The first-order valence-electron chi connectivity index (χ1n) is 6.72. The van der Waals surface area contributed by atoms with Crippen molar-refractivity contribution in [2.75, 3.05) is 19.2 Å². The molecule has 1 aliphatic rings. The second-order valence-electron chi connectivity index (χ2n) is 4.76. The predicted octanol–water partition coefficient (Wildman–Crippen LogP) is 2.48. The Balaban J connectivity index is 1.72. The van der Waals surface area contributed by atoms with Gasteiger partial charge in [-0.3, -0.25) is 0 Å². The Morgan fingerprint density at radius 2 is 2.24 bits per heavy atom. The molecule has 1 aromatic carbocycles. The molecule has 3 rings (SSSR count). The van der Waals surface area contributed by atoms with Crippen LogP contribution in [0.25, 0.3) is 11.4 Å². The van der Waals surface area contributed by atoms with Crippen molar-refractivity contribution in [3.63, 3.8) is 0 Å². The summed E-state index contributed by atoms with van der Waals surface area (Å²) in [6.07, 6.45) is 1.04. The third-order valence-corrected chi connectivity index (χ3v) is 4.47. The zero-order chi connectivity index (χ0) is 14.7. The third-order valence-electron chi connectivity index (χ3n) is 3.32. The fourth-order valence-electron chi connectivity index (χ4n) is 2.12. The minimum Gasteiger partial charge on any atom is -0.355 e. The van der Waals surface area contributed by atoms with Gasteiger partial charge in [0.15, 0.2) is 11.0 Å². The smallest absolute Gasteiger partial charge is 0.191 e. The van der Waals surface area contributed by atoms with E-state index in [2.05, 4.69) is 10.2 Å². The molecule has 112 valence electrons. The molecule has 0 spiro atoms. The molecule has 2 heterocycles. The highest BCUT2D eigenvalue weighted by atomic mass is 32.2. The van der Waals surface area contributed by atoms with Crippen molar-refractivity contribution < 1.29 is 13.9 Å². The van der Waals surface area contributed by atoms with E-state index in [4.69, 9.17) is 9.47 Å². The Labute approximate surface area is 126 Å². The maximum absolute atomic E-state index is 13.8. The van der Waals surface area contributed by atoms with Gasteiger partial charge in [0.1, 0.15) is 12.6 Å². The first-order chi connectivity index (χ1) is 10.3. The van der Waals surface area contributed by atoms with Crippen molar-refractivity contribution in [3.05, 3.63) is 30.1 Å². The topological polar surface area (TPSA) is 49.2 Å². The lowest BCUT2D eigenvalue weighted by Gasteiger charge is -2.21. The van der Waals surface area contributed by atoms with Gasteiger partial charge in [-0.1, -0.05) is 23.9 Å². The highest BCUT2D eigenvalue weighted by Crippen LogP contribution is 2.26. The fourth-order valence-corrected chi connectivity index (χ4v) is 3.09. The van der Waals surface area contributed by atoms with E-state index in [1.165, 1.54) is 6.07 Å². The summed E-state index contributed by atoms with van der Waals surface area (Å²) >= 11 is 1.56. The van der Waals surface area contributed by atoms with Crippen LogP contribution in [0.3, 0.4) is 0 Å². The third kappa shape index (κ3) is 3.25. The van der Waals surface area contributed by atoms with Crippen molar-refractivity contribution in [1.29, 1.82) is 0 Å². The standard InChI is InChI=1S/C14H16FN3O2S/c1-18-13(11-4-2-3-5-12(11)15)16-17-14(18)21-8-10-6-7-19-9-20-10/h2-5,10H,6-9H2,1H3/t10-/m1/s1. The Hall–Kier alpha value is -1.44. The van der Waals surface area contributed by atoms with Crippen LogP contribution in [0.5, 0.6) is 0 Å². The molecule has 0 N–H and O–H groups in total. The van der Waals surface area contributed by atoms with Crippen LogP contribution in [0.2, 0.25) is 0 Å². The average molecular weight is 309 g/mol. The predicted molar refractivity (Wildman–Crippen MR) is 77.4 cm³/mol. The van der Waals surface area contributed by atoms with Crippen molar-refractivity contribution in [2.24, 2.45) is 7.05 Å². The molecular formula is C14H16FN3O2S. The van der Waals surface area contributed by atoms with Gasteiger partial charge < -0.3 is 14.0 Å². The van der Waals surface area contributed by atoms with Crippen molar-refractivity contribution >= 4 is 11.8 Å². The highest BCUT2D eigenvalue weighted by molar-refractivity contribution is 7.99. The van der Waals surface area contributed by atoms with E-state index >= 15 is 0 Å². The van der Waals surface area contributed by atoms with Crippen LogP contribution in [0.1, 0.15) is 6.42 Å². The molecule has 5 nitrogen and oxygen atoms in total. The van der Waals surface area contributed by atoms with Crippen LogP contribution in [0.15, 0.2) is 29.4 Å². The first kappa shape index (κ1) is 14.5. The minimum absolute atomic E-state index is 0.164. The zero-order valence-electron chi connectivity index (χ0n) is 11.7. The van der Waals surface area contributed by atoms with Crippen molar-refractivity contribution in [1.82, 2.24) is 14.8 Å². The molecule has 0 unspecified atom stereocenters. The summed E-state index contributed by atoms with van der Waals surface area (Å²) in [5, 5.41) is 8.99. The number of hydrogen-bond acceptors (Lipinski definition) is 5. The number of aromatic nitrogens is 3. The van der Waals surface area contributed by atoms with E-state index in [9.17, 15) is 4.39 Å². The quantitative estimate of drug-likeness (QED) is 0.812.